The average molecular weight is 507 g/mol. The zero-order valence-corrected chi connectivity index (χ0v) is 21.8. The number of anilines is 1. The van der Waals surface area contributed by atoms with Gasteiger partial charge in [-0.1, -0.05) is 48.0 Å². The maximum atomic E-state index is 13.7. The molecule has 1 amide bonds. The van der Waals surface area contributed by atoms with E-state index in [-0.39, 0.29) is 17.3 Å². The number of hydrogen-bond donors (Lipinski definition) is 0. The van der Waals surface area contributed by atoms with Gasteiger partial charge < -0.3 is 9.64 Å². The van der Waals surface area contributed by atoms with Gasteiger partial charge in [0.1, 0.15) is 12.3 Å². The third-order valence-electron chi connectivity index (χ3n) is 6.66. The Morgan fingerprint density at radius 3 is 2.19 bits per heavy atom. The van der Waals surface area contributed by atoms with Crippen LogP contribution < -0.4 is 9.04 Å². The Morgan fingerprint density at radius 1 is 0.944 bits per heavy atom. The van der Waals surface area contributed by atoms with Crippen molar-refractivity contribution in [1.29, 1.82) is 0 Å². The van der Waals surface area contributed by atoms with Gasteiger partial charge in [-0.25, -0.2) is 8.42 Å². The first-order valence-electron chi connectivity index (χ1n) is 12.5. The predicted octanol–water partition coefficient (Wildman–Crippen LogP) is 5.07. The maximum Gasteiger partial charge on any atom is 0.264 e. The van der Waals surface area contributed by atoms with E-state index in [1.165, 1.54) is 22.0 Å². The van der Waals surface area contributed by atoms with Gasteiger partial charge in [0.2, 0.25) is 5.91 Å². The van der Waals surface area contributed by atoms with Crippen molar-refractivity contribution in [3.05, 3.63) is 90.0 Å². The van der Waals surface area contributed by atoms with E-state index < -0.39 is 10.0 Å². The van der Waals surface area contributed by atoms with E-state index in [9.17, 15) is 13.2 Å². The Labute approximate surface area is 214 Å². The third kappa shape index (κ3) is 6.26. The molecule has 0 radical (unpaired) electrons. The SMILES string of the molecule is CCOc1ccc(S(=O)(=O)N(CC(=O)N2CCC(Cc3ccccc3)CC2)c2ccc(C)cc2)cc1. The quantitative estimate of drug-likeness (QED) is 0.406. The summed E-state index contributed by atoms with van der Waals surface area (Å²) in [6, 6.07) is 24.0. The molecule has 0 saturated carbocycles. The van der Waals surface area contributed by atoms with Crippen LogP contribution in [0.5, 0.6) is 5.75 Å². The highest BCUT2D eigenvalue weighted by molar-refractivity contribution is 7.92. The monoisotopic (exact) mass is 506 g/mol. The fourth-order valence-electron chi connectivity index (χ4n) is 4.58. The predicted molar refractivity (Wildman–Crippen MR) is 143 cm³/mol. The van der Waals surface area contributed by atoms with Crippen LogP contribution in [0.2, 0.25) is 0 Å². The summed E-state index contributed by atoms with van der Waals surface area (Å²) in [4.78, 5) is 15.3. The first kappa shape index (κ1) is 25.8. The van der Waals surface area contributed by atoms with Gasteiger partial charge in [0.05, 0.1) is 17.2 Å². The largest absolute Gasteiger partial charge is 0.494 e. The summed E-state index contributed by atoms with van der Waals surface area (Å²) >= 11 is 0. The van der Waals surface area contributed by atoms with Gasteiger partial charge in [-0.3, -0.25) is 9.10 Å². The summed E-state index contributed by atoms with van der Waals surface area (Å²) in [6.45, 7) is 5.36. The molecule has 36 heavy (non-hydrogen) atoms. The minimum Gasteiger partial charge on any atom is -0.494 e. The van der Waals surface area contributed by atoms with Crippen LogP contribution in [0.15, 0.2) is 83.8 Å². The van der Waals surface area contributed by atoms with Gasteiger partial charge in [-0.15, -0.1) is 0 Å². The van der Waals surface area contributed by atoms with Crippen LogP contribution >= 0.6 is 0 Å². The second-order valence-corrected chi connectivity index (χ2v) is 11.1. The van der Waals surface area contributed by atoms with Gasteiger partial charge in [0.25, 0.3) is 10.0 Å². The molecule has 0 unspecified atom stereocenters. The van der Waals surface area contributed by atoms with Crippen LogP contribution in [0, 0.1) is 12.8 Å². The van der Waals surface area contributed by atoms with Crippen molar-refractivity contribution >= 4 is 21.6 Å². The van der Waals surface area contributed by atoms with E-state index in [2.05, 4.69) is 24.3 Å². The molecule has 0 bridgehead atoms. The van der Waals surface area contributed by atoms with Gasteiger partial charge in [0, 0.05) is 13.1 Å². The van der Waals surface area contributed by atoms with Crippen LogP contribution in [-0.4, -0.2) is 45.5 Å². The summed E-state index contributed by atoms with van der Waals surface area (Å²) in [5, 5.41) is 0. The lowest BCUT2D eigenvalue weighted by atomic mass is 9.90. The minimum atomic E-state index is -3.95. The molecular formula is C29H34N2O4S. The number of hydrogen-bond acceptors (Lipinski definition) is 4. The lowest BCUT2D eigenvalue weighted by molar-refractivity contribution is -0.130. The Hall–Kier alpha value is -3.32. The van der Waals surface area contributed by atoms with Crippen LogP contribution in [0.4, 0.5) is 5.69 Å². The van der Waals surface area contributed by atoms with Crippen LogP contribution in [0.25, 0.3) is 0 Å². The maximum absolute atomic E-state index is 13.7. The normalized spacial score (nSPS) is 14.4. The number of rotatable bonds is 9. The molecule has 1 aliphatic heterocycles. The average Bonchev–Trinajstić information content (AvgIpc) is 2.89. The standard InChI is InChI=1S/C29H34N2O4S/c1-3-35-27-13-15-28(16-14-27)36(33,34)31(26-11-9-23(2)10-12-26)22-29(32)30-19-17-25(18-20-30)21-24-7-5-4-6-8-24/h4-16,25H,3,17-22H2,1-2H3. The van der Waals surface area contributed by atoms with Crippen molar-refractivity contribution in [3.63, 3.8) is 0 Å². The lowest BCUT2D eigenvalue weighted by Gasteiger charge is -2.34. The van der Waals surface area contributed by atoms with E-state index in [0.29, 0.717) is 37.1 Å². The number of piperidine rings is 1. The molecule has 6 nitrogen and oxygen atoms in total. The summed E-state index contributed by atoms with van der Waals surface area (Å²) in [6.07, 6.45) is 2.83. The van der Waals surface area contributed by atoms with Crippen molar-refractivity contribution in [2.75, 3.05) is 30.5 Å². The Balaban J connectivity index is 1.49. The Morgan fingerprint density at radius 2 is 1.58 bits per heavy atom. The van der Waals surface area contributed by atoms with Gasteiger partial charge in [0.15, 0.2) is 0 Å². The zero-order chi connectivity index (χ0) is 25.5. The Bertz CT molecular complexity index is 1230. The van der Waals surface area contributed by atoms with Crippen LogP contribution in [0.1, 0.15) is 30.9 Å². The first-order chi connectivity index (χ1) is 17.4. The number of benzene rings is 3. The minimum absolute atomic E-state index is 0.126. The fourth-order valence-corrected chi connectivity index (χ4v) is 6.00. The fraction of sp³-hybridized carbons (Fsp3) is 0.345. The molecule has 1 saturated heterocycles. The lowest BCUT2D eigenvalue weighted by Crippen LogP contribution is -2.46. The molecule has 1 heterocycles. The Kier molecular flexibility index (Phi) is 8.31. The van der Waals surface area contributed by atoms with Crippen LogP contribution in [0.3, 0.4) is 0 Å². The summed E-state index contributed by atoms with van der Waals surface area (Å²) < 4.78 is 34.0. The molecule has 0 aromatic heterocycles. The van der Waals surface area contributed by atoms with E-state index in [1.807, 2.05) is 32.0 Å². The molecule has 0 spiro atoms. The molecule has 4 rings (SSSR count). The third-order valence-corrected chi connectivity index (χ3v) is 8.45. The molecule has 3 aromatic carbocycles. The molecular weight excluding hydrogens is 472 g/mol. The highest BCUT2D eigenvalue weighted by atomic mass is 32.2. The van der Waals surface area contributed by atoms with E-state index in [0.717, 1.165) is 24.8 Å². The molecule has 0 N–H and O–H groups in total. The number of ether oxygens (including phenoxy) is 1. The zero-order valence-electron chi connectivity index (χ0n) is 21.0. The number of carbonyl (C=O) groups excluding carboxylic acids is 1. The number of aryl methyl sites for hydroxylation is 1. The summed E-state index contributed by atoms with van der Waals surface area (Å²) in [5.41, 5.74) is 2.81. The van der Waals surface area contributed by atoms with Crippen molar-refractivity contribution in [2.24, 2.45) is 5.92 Å². The summed E-state index contributed by atoms with van der Waals surface area (Å²) in [5.74, 6) is 0.952. The molecule has 7 heteroatoms. The molecule has 3 aromatic rings. The van der Waals surface area contributed by atoms with Gasteiger partial charge in [-0.05, 0) is 81.0 Å². The molecule has 190 valence electrons. The van der Waals surface area contributed by atoms with E-state index in [4.69, 9.17) is 4.74 Å². The number of nitrogens with zero attached hydrogens (tertiary/aromatic N) is 2. The van der Waals surface area contributed by atoms with Gasteiger partial charge >= 0.3 is 0 Å². The van der Waals surface area contributed by atoms with E-state index in [1.54, 1.807) is 29.2 Å². The second kappa shape index (κ2) is 11.6. The summed E-state index contributed by atoms with van der Waals surface area (Å²) in [7, 11) is -3.95. The highest BCUT2D eigenvalue weighted by Crippen LogP contribution is 2.27. The van der Waals surface area contributed by atoms with Crippen molar-refractivity contribution in [1.82, 2.24) is 4.90 Å². The number of likely N-dealkylation sites (tertiary alicyclic amines) is 1. The molecule has 0 aliphatic carbocycles. The van der Waals surface area contributed by atoms with Gasteiger partial charge in [-0.2, -0.15) is 0 Å². The smallest absolute Gasteiger partial charge is 0.264 e. The van der Waals surface area contributed by atoms with Crippen molar-refractivity contribution < 1.29 is 17.9 Å². The second-order valence-electron chi connectivity index (χ2n) is 9.27. The van der Waals surface area contributed by atoms with Crippen molar-refractivity contribution in [3.8, 4) is 5.75 Å². The number of amides is 1. The molecule has 1 fully saturated rings. The number of carbonyl (C=O) groups is 1. The first-order valence-corrected chi connectivity index (χ1v) is 13.9. The van der Waals surface area contributed by atoms with E-state index >= 15 is 0 Å². The van der Waals surface area contributed by atoms with Crippen LogP contribution in [-0.2, 0) is 21.2 Å². The van der Waals surface area contributed by atoms with Crippen molar-refractivity contribution in [2.45, 2.75) is 38.0 Å². The molecule has 1 aliphatic rings. The number of sulfonamides is 1. The highest BCUT2D eigenvalue weighted by Gasteiger charge is 2.30. The topological polar surface area (TPSA) is 66.9 Å². The molecule has 0 atom stereocenters.